The molecule has 2 saturated heterocycles. The number of benzene rings is 1. The maximum atomic E-state index is 10.1. The predicted molar refractivity (Wildman–Crippen MR) is 91.5 cm³/mol. The van der Waals surface area contributed by atoms with Gasteiger partial charge in [-0.05, 0) is 6.07 Å². The molecule has 1 aromatic rings. The average molecular weight is 366 g/mol. The first-order valence-electron chi connectivity index (χ1n) is 8.22. The monoisotopic (exact) mass is 366 g/mol. The molecule has 8 heteroatoms. The zero-order valence-electron chi connectivity index (χ0n) is 15.4. The van der Waals surface area contributed by atoms with Crippen molar-refractivity contribution in [2.75, 3.05) is 14.2 Å². The van der Waals surface area contributed by atoms with E-state index in [1.165, 1.54) is 14.2 Å². The third kappa shape index (κ3) is 1.95. The molecule has 0 amide bonds. The van der Waals surface area contributed by atoms with Gasteiger partial charge >= 0.3 is 0 Å². The minimum absolute atomic E-state index is 0.289. The van der Waals surface area contributed by atoms with Crippen LogP contribution in [0.2, 0.25) is 0 Å². The summed E-state index contributed by atoms with van der Waals surface area (Å²) in [6.45, 7) is 3.25. The van der Waals surface area contributed by atoms with Crippen LogP contribution in [-0.4, -0.2) is 25.9 Å². The predicted octanol–water partition coefficient (Wildman–Crippen LogP) is 2.68. The molecule has 1 aromatic carbocycles. The van der Waals surface area contributed by atoms with E-state index in [2.05, 4.69) is 0 Å². The van der Waals surface area contributed by atoms with Crippen molar-refractivity contribution >= 4 is 5.90 Å². The number of nitriles is 3. The van der Waals surface area contributed by atoms with Gasteiger partial charge in [-0.15, -0.1) is 0 Å². The van der Waals surface area contributed by atoms with Crippen LogP contribution in [-0.2, 0) is 9.47 Å². The van der Waals surface area contributed by atoms with Crippen LogP contribution in [0, 0.1) is 56.2 Å². The second kappa shape index (κ2) is 5.87. The highest BCUT2D eigenvalue weighted by Crippen LogP contribution is 2.67. The minimum Gasteiger partial charge on any atom is -0.493 e. The van der Waals surface area contributed by atoms with Crippen molar-refractivity contribution in [3.63, 3.8) is 0 Å². The Balaban J connectivity index is 2.37. The van der Waals surface area contributed by atoms with Gasteiger partial charge in [0.1, 0.15) is 6.10 Å². The van der Waals surface area contributed by atoms with Crippen molar-refractivity contribution < 1.29 is 18.9 Å². The number of nitrogens with zero attached hydrogens (tertiary/aromatic N) is 3. The van der Waals surface area contributed by atoms with E-state index >= 15 is 0 Å². The Kier molecular flexibility index (Phi) is 4.03. The molecular formula is C19H18N4O4. The minimum atomic E-state index is -2.02. The van der Waals surface area contributed by atoms with Gasteiger partial charge in [0.15, 0.2) is 16.9 Å². The molecule has 8 nitrogen and oxygen atoms in total. The maximum absolute atomic E-state index is 10.1. The molecule has 0 aliphatic carbocycles. The van der Waals surface area contributed by atoms with Crippen LogP contribution in [0.5, 0.6) is 11.5 Å². The number of methoxy groups -OCH3 is 2. The fraction of sp³-hybridized carbons (Fsp3) is 0.474. The number of nitrogens with one attached hydrogen (secondary N) is 1. The summed E-state index contributed by atoms with van der Waals surface area (Å²) >= 11 is 0. The first-order chi connectivity index (χ1) is 12.8. The van der Waals surface area contributed by atoms with Gasteiger partial charge < -0.3 is 18.9 Å². The smallest absolute Gasteiger partial charge is 0.214 e. The molecule has 4 atom stereocenters. The van der Waals surface area contributed by atoms with Crippen LogP contribution in [0.1, 0.15) is 25.5 Å². The molecule has 2 bridgehead atoms. The van der Waals surface area contributed by atoms with E-state index in [0.717, 1.165) is 0 Å². The van der Waals surface area contributed by atoms with E-state index < -0.39 is 34.5 Å². The zero-order valence-corrected chi connectivity index (χ0v) is 15.4. The molecule has 3 rings (SSSR count). The normalized spacial score (nSPS) is 33.1. The molecule has 0 unspecified atom stereocenters. The number of fused-ring (bicyclic) bond motifs is 2. The topological polar surface area (TPSA) is 132 Å². The Labute approximate surface area is 156 Å². The summed E-state index contributed by atoms with van der Waals surface area (Å²) in [5, 5.41) is 38.5. The molecule has 0 aromatic heterocycles. The molecule has 2 aliphatic heterocycles. The highest BCUT2D eigenvalue weighted by atomic mass is 16.7. The molecule has 2 aliphatic rings. The molecule has 0 radical (unpaired) electrons. The average Bonchev–Trinajstić information content (AvgIpc) is 2.82. The van der Waals surface area contributed by atoms with Crippen LogP contribution in [0.15, 0.2) is 18.2 Å². The molecule has 1 N–H and O–H groups in total. The summed E-state index contributed by atoms with van der Waals surface area (Å²) in [6.07, 6.45) is -1.19. The highest BCUT2D eigenvalue weighted by molar-refractivity contribution is 5.89. The Morgan fingerprint density at radius 2 is 1.78 bits per heavy atom. The molecule has 0 spiro atoms. The first-order valence-corrected chi connectivity index (χ1v) is 8.22. The lowest BCUT2D eigenvalue weighted by molar-refractivity contribution is -0.269. The van der Waals surface area contributed by atoms with Crippen molar-refractivity contribution in [3.8, 4) is 29.7 Å². The zero-order chi connectivity index (χ0) is 20.0. The summed E-state index contributed by atoms with van der Waals surface area (Å²) in [5.74, 6) is -1.82. The largest absolute Gasteiger partial charge is 0.493 e. The van der Waals surface area contributed by atoms with Crippen LogP contribution in [0.4, 0.5) is 0 Å². The van der Waals surface area contributed by atoms with Crippen LogP contribution in [0.3, 0.4) is 0 Å². The van der Waals surface area contributed by atoms with Crippen molar-refractivity contribution in [2.24, 2.45) is 16.7 Å². The molecule has 2 fully saturated rings. The van der Waals surface area contributed by atoms with Gasteiger partial charge in [-0.1, -0.05) is 19.1 Å². The molecular weight excluding hydrogens is 348 g/mol. The van der Waals surface area contributed by atoms with Gasteiger partial charge in [0.25, 0.3) is 0 Å². The van der Waals surface area contributed by atoms with E-state index in [1.807, 2.05) is 18.2 Å². The number of hydrogen-bond donors (Lipinski definition) is 1. The number of para-hydroxylation sites is 1. The van der Waals surface area contributed by atoms with E-state index in [4.69, 9.17) is 24.4 Å². The fourth-order valence-corrected chi connectivity index (χ4v) is 4.11. The lowest BCUT2D eigenvalue weighted by atomic mass is 9.54. The van der Waals surface area contributed by atoms with Gasteiger partial charge in [-0.25, -0.2) is 0 Å². The number of hydrogen-bond acceptors (Lipinski definition) is 8. The van der Waals surface area contributed by atoms with Crippen molar-refractivity contribution in [1.82, 2.24) is 0 Å². The van der Waals surface area contributed by atoms with Gasteiger partial charge in [-0.2, -0.15) is 15.8 Å². The summed E-state index contributed by atoms with van der Waals surface area (Å²) in [5.41, 5.74) is -3.44. The van der Waals surface area contributed by atoms with Crippen LogP contribution in [0.25, 0.3) is 0 Å². The third-order valence-electron chi connectivity index (χ3n) is 5.71. The highest BCUT2D eigenvalue weighted by Gasteiger charge is 2.78. The quantitative estimate of drug-likeness (QED) is 0.869. The van der Waals surface area contributed by atoms with Gasteiger partial charge in [-0.3, -0.25) is 5.41 Å². The Hall–Kier alpha value is -3.28. The third-order valence-corrected chi connectivity index (χ3v) is 5.71. The van der Waals surface area contributed by atoms with Crippen LogP contribution >= 0.6 is 0 Å². The molecule has 0 saturated carbocycles. The van der Waals surface area contributed by atoms with Crippen LogP contribution < -0.4 is 9.47 Å². The lowest BCUT2D eigenvalue weighted by Gasteiger charge is -2.47. The Morgan fingerprint density at radius 3 is 2.30 bits per heavy atom. The Bertz CT molecular complexity index is 926. The van der Waals surface area contributed by atoms with E-state index in [9.17, 15) is 15.8 Å². The Morgan fingerprint density at radius 1 is 1.11 bits per heavy atom. The SMILES string of the molecule is COc1cccc([C@H]2O[C@]3(C)OC(=N)[C@](C#N)([C@@H]3C)C2(C#N)C#N)c1OC. The standard InChI is InChI=1S/C19H18N4O4/c1-11-17(2)26-15(12-6-5-7-13(24-3)14(12)25-4)18(8-20,9-21)19(11,10-22)16(23)27-17/h5-7,11,15,23H,1-4H3/t11-,15-,17-,19+/m1/s1. The molecule has 2 heterocycles. The van der Waals surface area contributed by atoms with Crippen molar-refractivity contribution in [2.45, 2.75) is 25.7 Å². The van der Waals surface area contributed by atoms with Gasteiger partial charge in [0.2, 0.25) is 17.1 Å². The van der Waals surface area contributed by atoms with Gasteiger partial charge in [0, 0.05) is 12.5 Å². The van der Waals surface area contributed by atoms with Crippen molar-refractivity contribution in [3.05, 3.63) is 23.8 Å². The fourth-order valence-electron chi connectivity index (χ4n) is 4.11. The first kappa shape index (κ1) is 18.5. The number of rotatable bonds is 3. The number of ether oxygens (including phenoxy) is 4. The summed E-state index contributed by atoms with van der Waals surface area (Å²) in [4.78, 5) is 0. The van der Waals surface area contributed by atoms with E-state index in [1.54, 1.807) is 32.0 Å². The maximum Gasteiger partial charge on any atom is 0.214 e. The van der Waals surface area contributed by atoms with E-state index in [0.29, 0.717) is 11.3 Å². The second-order valence-electron chi connectivity index (χ2n) is 6.70. The molecule has 138 valence electrons. The summed E-state index contributed by atoms with van der Waals surface area (Å²) in [6, 6.07) is 11.0. The van der Waals surface area contributed by atoms with Crippen molar-refractivity contribution in [1.29, 1.82) is 21.2 Å². The van der Waals surface area contributed by atoms with Gasteiger partial charge in [0.05, 0.1) is 38.3 Å². The lowest BCUT2D eigenvalue weighted by Crippen LogP contribution is -2.57. The summed E-state index contributed by atoms with van der Waals surface area (Å²) < 4.78 is 22.4. The second-order valence-corrected chi connectivity index (χ2v) is 6.70. The summed E-state index contributed by atoms with van der Waals surface area (Å²) in [7, 11) is 2.90. The molecule has 27 heavy (non-hydrogen) atoms. The van der Waals surface area contributed by atoms with E-state index in [-0.39, 0.29) is 5.75 Å².